The van der Waals surface area contributed by atoms with E-state index in [0.717, 1.165) is 22.3 Å². The lowest BCUT2D eigenvalue weighted by atomic mass is 10.1. The lowest BCUT2D eigenvalue weighted by Gasteiger charge is -1.98. The third-order valence-corrected chi connectivity index (χ3v) is 3.22. The van der Waals surface area contributed by atoms with E-state index in [4.69, 9.17) is 0 Å². The van der Waals surface area contributed by atoms with Gasteiger partial charge in [-0.1, -0.05) is 54.6 Å². The molecule has 106 valence electrons. The Morgan fingerprint density at radius 3 is 1.45 bits per heavy atom. The number of nitrogens with zero attached hydrogens (tertiary/aromatic N) is 2. The Morgan fingerprint density at radius 2 is 1.00 bits per heavy atom. The van der Waals surface area contributed by atoms with Gasteiger partial charge in [0.25, 0.3) is 0 Å². The van der Waals surface area contributed by atoms with E-state index in [2.05, 4.69) is 58.5 Å². The van der Waals surface area contributed by atoms with Gasteiger partial charge in [-0.2, -0.15) is 0 Å². The highest BCUT2D eigenvalue weighted by Gasteiger charge is 1.91. The van der Waals surface area contributed by atoms with Crippen LogP contribution in [-0.4, -0.2) is 9.97 Å². The third kappa shape index (κ3) is 4.00. The number of aromatic nitrogens is 2. The fourth-order valence-corrected chi connectivity index (χ4v) is 2.10. The summed E-state index contributed by atoms with van der Waals surface area (Å²) in [6, 6.07) is 16.3. The lowest BCUT2D eigenvalue weighted by molar-refractivity contribution is 1.32. The minimum Gasteiger partial charge on any atom is -0.264 e. The second-order valence-electron chi connectivity index (χ2n) is 4.91. The van der Waals surface area contributed by atoms with E-state index in [1.165, 1.54) is 0 Å². The van der Waals surface area contributed by atoms with Gasteiger partial charge in [0.1, 0.15) is 0 Å². The fraction of sp³-hybridized carbons (Fsp3) is 0. The van der Waals surface area contributed by atoms with Crippen LogP contribution in [0.25, 0.3) is 24.3 Å². The van der Waals surface area contributed by atoms with Crippen molar-refractivity contribution in [3.8, 4) is 0 Å². The molecule has 2 heterocycles. The van der Waals surface area contributed by atoms with E-state index in [9.17, 15) is 0 Å². The van der Waals surface area contributed by atoms with Gasteiger partial charge in [-0.25, -0.2) is 0 Å². The van der Waals surface area contributed by atoms with Gasteiger partial charge in [0.2, 0.25) is 0 Å². The number of rotatable bonds is 4. The van der Waals surface area contributed by atoms with Crippen LogP contribution in [0.4, 0.5) is 0 Å². The predicted molar refractivity (Wildman–Crippen MR) is 92.8 cm³/mol. The summed E-state index contributed by atoms with van der Waals surface area (Å²) in [5, 5.41) is 0. The molecule has 0 radical (unpaired) electrons. The molecule has 2 aromatic heterocycles. The topological polar surface area (TPSA) is 25.8 Å². The number of pyridine rings is 2. The molecule has 3 aromatic rings. The zero-order chi connectivity index (χ0) is 15.0. The molecule has 1 aromatic carbocycles. The van der Waals surface area contributed by atoms with Crippen LogP contribution in [0.3, 0.4) is 0 Å². The zero-order valence-electron chi connectivity index (χ0n) is 12.1. The van der Waals surface area contributed by atoms with Gasteiger partial charge in [-0.05, 0) is 40.5 Å². The molecule has 0 aliphatic rings. The Morgan fingerprint density at radius 1 is 0.545 bits per heavy atom. The van der Waals surface area contributed by atoms with Crippen LogP contribution in [-0.2, 0) is 0 Å². The molecule has 22 heavy (non-hydrogen) atoms. The maximum atomic E-state index is 4.11. The van der Waals surface area contributed by atoms with E-state index in [-0.39, 0.29) is 0 Å². The van der Waals surface area contributed by atoms with Gasteiger partial charge in [-0.15, -0.1) is 0 Å². The molecular weight excluding hydrogens is 268 g/mol. The zero-order valence-corrected chi connectivity index (χ0v) is 12.1. The van der Waals surface area contributed by atoms with Gasteiger partial charge in [0, 0.05) is 24.8 Å². The van der Waals surface area contributed by atoms with Gasteiger partial charge < -0.3 is 0 Å². The number of benzene rings is 1. The van der Waals surface area contributed by atoms with Crippen LogP contribution in [0.1, 0.15) is 22.3 Å². The number of hydrogen-bond donors (Lipinski definition) is 0. The quantitative estimate of drug-likeness (QED) is 0.686. The minimum atomic E-state index is 1.10. The molecular formula is C20H16N2. The molecule has 0 aliphatic carbocycles. The van der Waals surface area contributed by atoms with Crippen molar-refractivity contribution < 1.29 is 0 Å². The van der Waals surface area contributed by atoms with Crippen LogP contribution in [0, 0.1) is 0 Å². The summed E-state index contributed by atoms with van der Waals surface area (Å²) in [4.78, 5) is 8.22. The summed E-state index contributed by atoms with van der Waals surface area (Å²) in [5.74, 6) is 0. The van der Waals surface area contributed by atoms with Gasteiger partial charge in [-0.3, -0.25) is 9.97 Å². The normalized spacial score (nSPS) is 11.3. The minimum absolute atomic E-state index is 1.10. The van der Waals surface area contributed by atoms with Crippen LogP contribution in [0.15, 0.2) is 73.3 Å². The van der Waals surface area contributed by atoms with Gasteiger partial charge in [0.05, 0.1) is 0 Å². The van der Waals surface area contributed by atoms with Crippen LogP contribution >= 0.6 is 0 Å². The molecule has 0 aliphatic heterocycles. The molecule has 0 unspecified atom stereocenters. The van der Waals surface area contributed by atoms with E-state index in [0.29, 0.717) is 0 Å². The first-order chi connectivity index (χ1) is 10.9. The smallest absolute Gasteiger partial charge is 0.0340 e. The average Bonchev–Trinajstić information content (AvgIpc) is 2.60. The largest absolute Gasteiger partial charge is 0.264 e. The first-order valence-electron chi connectivity index (χ1n) is 7.16. The van der Waals surface area contributed by atoms with Crippen molar-refractivity contribution in [2.75, 3.05) is 0 Å². The van der Waals surface area contributed by atoms with Crippen molar-refractivity contribution in [1.82, 2.24) is 9.97 Å². The Bertz CT molecular complexity index is 710. The second-order valence-corrected chi connectivity index (χ2v) is 4.91. The summed E-state index contributed by atoms with van der Waals surface area (Å²) in [6.45, 7) is 0. The first kappa shape index (κ1) is 14.0. The van der Waals surface area contributed by atoms with Crippen molar-refractivity contribution in [2.45, 2.75) is 0 Å². The summed E-state index contributed by atoms with van der Waals surface area (Å²) >= 11 is 0. The van der Waals surface area contributed by atoms with E-state index < -0.39 is 0 Å². The fourth-order valence-electron chi connectivity index (χ4n) is 2.10. The van der Waals surface area contributed by atoms with Gasteiger partial charge in [0.15, 0.2) is 0 Å². The lowest BCUT2D eigenvalue weighted by Crippen LogP contribution is -1.78. The van der Waals surface area contributed by atoms with Crippen molar-refractivity contribution in [3.63, 3.8) is 0 Å². The molecule has 3 rings (SSSR count). The first-order valence-corrected chi connectivity index (χ1v) is 7.16. The van der Waals surface area contributed by atoms with Crippen LogP contribution in [0.5, 0.6) is 0 Å². The van der Waals surface area contributed by atoms with E-state index in [1.807, 2.05) is 36.7 Å². The molecule has 0 atom stereocenters. The van der Waals surface area contributed by atoms with E-state index >= 15 is 0 Å². The Kier molecular flexibility index (Phi) is 4.53. The highest BCUT2D eigenvalue weighted by Crippen LogP contribution is 2.12. The Hall–Kier alpha value is -3.00. The molecule has 2 nitrogen and oxygen atoms in total. The SMILES string of the molecule is C(=C\c1cccc(/C=C/c2cccnc2)c1)/c1cccnc1. The molecule has 0 bridgehead atoms. The summed E-state index contributed by atoms with van der Waals surface area (Å²) in [5.41, 5.74) is 4.52. The van der Waals surface area contributed by atoms with Crippen molar-refractivity contribution in [3.05, 3.63) is 95.6 Å². The maximum absolute atomic E-state index is 4.11. The maximum Gasteiger partial charge on any atom is 0.0340 e. The molecule has 0 N–H and O–H groups in total. The van der Waals surface area contributed by atoms with Gasteiger partial charge >= 0.3 is 0 Å². The second kappa shape index (κ2) is 7.14. The summed E-state index contributed by atoms with van der Waals surface area (Å²) in [6.07, 6.45) is 15.6. The highest BCUT2D eigenvalue weighted by molar-refractivity contribution is 5.73. The van der Waals surface area contributed by atoms with Crippen LogP contribution in [0.2, 0.25) is 0 Å². The highest BCUT2D eigenvalue weighted by atomic mass is 14.6. The molecule has 0 saturated carbocycles. The van der Waals surface area contributed by atoms with Crippen LogP contribution < -0.4 is 0 Å². The molecule has 0 fully saturated rings. The molecule has 0 spiro atoms. The van der Waals surface area contributed by atoms with Crippen molar-refractivity contribution in [1.29, 1.82) is 0 Å². The standard InChI is InChI=1S/C20H16N2/c1-4-17(8-10-19-6-2-12-21-15-19)14-18(5-1)9-11-20-7-3-13-22-16-20/h1-16H/b10-8+,11-9+. The Labute approximate surface area is 130 Å². The van der Waals surface area contributed by atoms with E-state index in [1.54, 1.807) is 12.4 Å². The molecule has 0 amide bonds. The number of hydrogen-bond acceptors (Lipinski definition) is 2. The molecule has 2 heteroatoms. The molecule has 0 saturated heterocycles. The Balaban J connectivity index is 1.75. The average molecular weight is 284 g/mol. The third-order valence-electron chi connectivity index (χ3n) is 3.22. The predicted octanol–water partition coefficient (Wildman–Crippen LogP) is 4.82. The summed E-state index contributed by atoms with van der Waals surface area (Å²) < 4.78 is 0. The monoisotopic (exact) mass is 284 g/mol. The van der Waals surface area contributed by atoms with Crippen molar-refractivity contribution in [2.24, 2.45) is 0 Å². The summed E-state index contributed by atoms with van der Waals surface area (Å²) in [7, 11) is 0. The van der Waals surface area contributed by atoms with Crippen molar-refractivity contribution >= 4 is 24.3 Å².